The van der Waals surface area contributed by atoms with Gasteiger partial charge in [-0.2, -0.15) is 0 Å². The van der Waals surface area contributed by atoms with Gasteiger partial charge in [0.1, 0.15) is 13.3 Å². The van der Waals surface area contributed by atoms with Crippen LogP contribution in [0, 0.1) is 11.8 Å². The first-order valence-corrected chi connectivity index (χ1v) is 7.71. The number of carbonyl (C=O) groups is 1. The van der Waals surface area contributed by atoms with Gasteiger partial charge in [-0.15, -0.1) is 0 Å². The predicted molar refractivity (Wildman–Crippen MR) is 82.1 cm³/mol. The van der Waals surface area contributed by atoms with Gasteiger partial charge in [-0.25, -0.2) is 13.0 Å². The quantitative estimate of drug-likeness (QED) is 0.267. The van der Waals surface area contributed by atoms with Crippen LogP contribution in [0.5, 0.6) is 0 Å². The van der Waals surface area contributed by atoms with Crippen LogP contribution in [0.3, 0.4) is 0 Å². The molecule has 1 heterocycles. The van der Waals surface area contributed by atoms with Gasteiger partial charge in [0.05, 0.1) is 7.11 Å². The SMILES string of the molecule is COS(=O)(=O)[O-].C[n+]1ccc(C#Cc2ccc(C=O)cc2)cc1. The molecule has 2 rings (SSSR count). The molecule has 0 saturated heterocycles. The van der Waals surface area contributed by atoms with Crippen molar-refractivity contribution in [1.82, 2.24) is 0 Å². The van der Waals surface area contributed by atoms with Crippen LogP contribution in [0.2, 0.25) is 0 Å². The van der Waals surface area contributed by atoms with Crippen LogP contribution in [0.25, 0.3) is 0 Å². The second-order valence-corrected chi connectivity index (χ2v) is 5.47. The molecule has 2 aromatic rings. The fraction of sp³-hybridized carbons (Fsp3) is 0.125. The maximum atomic E-state index is 10.5. The highest BCUT2D eigenvalue weighted by molar-refractivity contribution is 7.80. The van der Waals surface area contributed by atoms with E-state index in [1.807, 2.05) is 48.3 Å². The molecule has 0 saturated carbocycles. The van der Waals surface area contributed by atoms with Crippen molar-refractivity contribution in [1.29, 1.82) is 0 Å². The Bertz CT molecular complexity index is 800. The zero-order chi connectivity index (χ0) is 17.3. The molecule has 0 atom stereocenters. The second-order valence-electron chi connectivity index (χ2n) is 4.32. The van der Waals surface area contributed by atoms with Crippen molar-refractivity contribution in [2.45, 2.75) is 0 Å². The third kappa shape index (κ3) is 7.87. The highest BCUT2D eigenvalue weighted by atomic mass is 32.3. The summed E-state index contributed by atoms with van der Waals surface area (Å²) in [6.45, 7) is 0. The van der Waals surface area contributed by atoms with Crippen molar-refractivity contribution in [3.8, 4) is 11.8 Å². The lowest BCUT2D eigenvalue weighted by Gasteiger charge is -1.98. The summed E-state index contributed by atoms with van der Waals surface area (Å²) in [6, 6.07) is 11.2. The number of hydrogen-bond acceptors (Lipinski definition) is 5. The Morgan fingerprint density at radius 2 is 1.48 bits per heavy atom. The van der Waals surface area contributed by atoms with Crippen LogP contribution >= 0.6 is 0 Å². The summed E-state index contributed by atoms with van der Waals surface area (Å²) in [6.07, 6.45) is 4.74. The van der Waals surface area contributed by atoms with Crippen molar-refractivity contribution in [3.63, 3.8) is 0 Å². The predicted octanol–water partition coefficient (Wildman–Crippen LogP) is 0.816. The minimum absolute atomic E-state index is 0.669. The molecule has 0 unspecified atom stereocenters. The molecule has 0 spiro atoms. The van der Waals surface area contributed by atoms with Crippen molar-refractivity contribution in [2.75, 3.05) is 7.11 Å². The van der Waals surface area contributed by atoms with E-state index in [2.05, 4.69) is 16.0 Å². The van der Waals surface area contributed by atoms with Gasteiger partial charge in [-0.05, 0) is 12.1 Å². The van der Waals surface area contributed by atoms with Crippen LogP contribution in [-0.4, -0.2) is 26.4 Å². The Morgan fingerprint density at radius 3 is 1.87 bits per heavy atom. The number of aromatic nitrogens is 1. The first-order chi connectivity index (χ1) is 10.8. The van der Waals surface area contributed by atoms with Crippen LogP contribution in [0.4, 0.5) is 0 Å². The standard InChI is InChI=1S/C15H12NO.CH4O4S/c1-16-10-8-14(9-11-16)3-2-13-4-6-15(12-17)7-5-13;1-5-6(2,3)4/h4-12H,1H3;1H3,(H,2,3,4)/q+1;/p-1. The Hall–Kier alpha value is -2.53. The Balaban J connectivity index is 0.000000379. The van der Waals surface area contributed by atoms with Crippen LogP contribution in [-0.2, 0) is 21.6 Å². The summed E-state index contributed by atoms with van der Waals surface area (Å²) < 4.78 is 33.0. The van der Waals surface area contributed by atoms with E-state index in [4.69, 9.17) is 0 Å². The van der Waals surface area contributed by atoms with E-state index in [9.17, 15) is 17.8 Å². The van der Waals surface area contributed by atoms with Gasteiger partial charge in [0.2, 0.25) is 10.4 Å². The van der Waals surface area contributed by atoms with Crippen molar-refractivity contribution in [3.05, 3.63) is 65.5 Å². The maximum absolute atomic E-state index is 10.5. The zero-order valence-electron chi connectivity index (χ0n) is 12.6. The smallest absolute Gasteiger partial charge is 0.217 e. The lowest BCUT2D eigenvalue weighted by molar-refractivity contribution is -0.671. The largest absolute Gasteiger partial charge is 0.726 e. The lowest BCUT2D eigenvalue weighted by atomic mass is 10.1. The topological polar surface area (TPSA) is 87.4 Å². The molecule has 0 aliphatic carbocycles. The van der Waals surface area contributed by atoms with Crippen molar-refractivity contribution >= 4 is 16.7 Å². The monoisotopic (exact) mass is 333 g/mol. The molecule has 23 heavy (non-hydrogen) atoms. The summed E-state index contributed by atoms with van der Waals surface area (Å²) in [4.78, 5) is 10.5. The molecule has 0 amide bonds. The number of benzene rings is 1. The Kier molecular flexibility index (Phi) is 7.09. The summed E-state index contributed by atoms with van der Waals surface area (Å²) >= 11 is 0. The van der Waals surface area contributed by atoms with E-state index in [0.29, 0.717) is 5.56 Å². The van der Waals surface area contributed by atoms with E-state index in [0.717, 1.165) is 24.5 Å². The molecular formula is C16H15NO5S. The Morgan fingerprint density at radius 1 is 1.04 bits per heavy atom. The zero-order valence-corrected chi connectivity index (χ0v) is 13.4. The van der Waals surface area contributed by atoms with Gasteiger partial charge >= 0.3 is 0 Å². The number of aldehydes is 1. The lowest BCUT2D eigenvalue weighted by Crippen LogP contribution is -2.25. The molecule has 0 radical (unpaired) electrons. The molecule has 0 aliphatic rings. The number of rotatable bonds is 2. The number of nitrogens with zero attached hydrogens (tertiary/aromatic N) is 1. The number of aryl methyl sites for hydroxylation is 1. The van der Waals surface area contributed by atoms with E-state index in [1.54, 1.807) is 12.1 Å². The van der Waals surface area contributed by atoms with Gasteiger partial charge in [0.25, 0.3) is 0 Å². The highest BCUT2D eigenvalue weighted by Crippen LogP contribution is 2.01. The van der Waals surface area contributed by atoms with Crippen LogP contribution < -0.4 is 4.57 Å². The summed E-state index contributed by atoms with van der Waals surface area (Å²) in [5, 5.41) is 0. The van der Waals surface area contributed by atoms with Gasteiger partial charge in [0.15, 0.2) is 12.4 Å². The van der Waals surface area contributed by atoms with Crippen molar-refractivity contribution in [2.24, 2.45) is 7.05 Å². The molecular weight excluding hydrogens is 318 g/mol. The maximum Gasteiger partial charge on any atom is 0.217 e. The molecule has 0 fully saturated rings. The molecule has 0 bridgehead atoms. The van der Waals surface area contributed by atoms with Crippen molar-refractivity contribution < 1.29 is 26.5 Å². The van der Waals surface area contributed by atoms with E-state index in [1.165, 1.54) is 0 Å². The fourth-order valence-corrected chi connectivity index (χ4v) is 1.37. The minimum atomic E-state index is -4.41. The molecule has 6 nitrogen and oxygen atoms in total. The normalized spacial score (nSPS) is 9.87. The molecule has 1 aromatic carbocycles. The van der Waals surface area contributed by atoms with E-state index < -0.39 is 10.4 Å². The third-order valence-electron chi connectivity index (χ3n) is 2.58. The van der Waals surface area contributed by atoms with Crippen LogP contribution in [0.15, 0.2) is 48.8 Å². The van der Waals surface area contributed by atoms with E-state index >= 15 is 0 Å². The first kappa shape index (κ1) is 18.5. The van der Waals surface area contributed by atoms with Gasteiger partial charge < -0.3 is 4.55 Å². The highest BCUT2D eigenvalue weighted by Gasteiger charge is 1.92. The van der Waals surface area contributed by atoms with Gasteiger partial charge in [0, 0.05) is 28.8 Å². The van der Waals surface area contributed by atoms with Gasteiger partial charge in [-0.3, -0.25) is 8.98 Å². The molecule has 7 heteroatoms. The Labute approximate surface area is 135 Å². The average Bonchev–Trinajstić information content (AvgIpc) is 2.55. The fourth-order valence-electron chi connectivity index (χ4n) is 1.37. The average molecular weight is 333 g/mol. The first-order valence-electron chi connectivity index (χ1n) is 6.38. The third-order valence-corrected chi connectivity index (χ3v) is 2.99. The number of carbonyl (C=O) groups excluding carboxylic acids is 1. The summed E-state index contributed by atoms with van der Waals surface area (Å²) in [7, 11) is -1.64. The molecule has 0 aliphatic heterocycles. The van der Waals surface area contributed by atoms with Gasteiger partial charge in [-0.1, -0.05) is 24.0 Å². The van der Waals surface area contributed by atoms with Crippen LogP contribution in [0.1, 0.15) is 21.5 Å². The molecule has 120 valence electrons. The van der Waals surface area contributed by atoms with E-state index in [-0.39, 0.29) is 0 Å². The summed E-state index contributed by atoms with van der Waals surface area (Å²) in [5.74, 6) is 6.13. The number of hydrogen-bond donors (Lipinski definition) is 0. The number of pyridine rings is 1. The molecule has 1 aromatic heterocycles. The summed E-state index contributed by atoms with van der Waals surface area (Å²) in [5.41, 5.74) is 2.55. The molecule has 0 N–H and O–H groups in total. The minimum Gasteiger partial charge on any atom is -0.726 e. The second kappa shape index (κ2) is 8.80.